The third-order valence-corrected chi connectivity index (χ3v) is 3.53. The highest BCUT2D eigenvalue weighted by Gasteiger charge is 2.13. The van der Waals surface area contributed by atoms with Crippen LogP contribution in [0.2, 0.25) is 0 Å². The van der Waals surface area contributed by atoms with Gasteiger partial charge in [0.15, 0.2) is 23.3 Å². The number of carbonyl (C=O) groups is 2. The van der Waals surface area contributed by atoms with Gasteiger partial charge in [0.2, 0.25) is 0 Å². The molecule has 0 aliphatic heterocycles. The molecular weight excluding hydrogens is 380 g/mol. The van der Waals surface area contributed by atoms with E-state index in [4.69, 9.17) is 0 Å². The lowest BCUT2D eigenvalue weighted by atomic mass is 10.1. The lowest BCUT2D eigenvalue weighted by Crippen LogP contribution is -2.36. The van der Waals surface area contributed by atoms with E-state index >= 15 is 0 Å². The normalized spacial score (nSPS) is 11.9. The fourth-order valence-electron chi connectivity index (χ4n) is 1.94. The average Bonchev–Trinajstić information content (AvgIpc) is 2.67. The maximum atomic E-state index is 13.2. The summed E-state index contributed by atoms with van der Waals surface area (Å²) >= 11 is 0. The quantitative estimate of drug-likeness (QED) is 0.362. The van der Waals surface area contributed by atoms with Crippen LogP contribution in [0.15, 0.2) is 46.6 Å². The summed E-state index contributed by atoms with van der Waals surface area (Å²) in [6.07, 6.45) is 0. The van der Waals surface area contributed by atoms with Gasteiger partial charge in [-0.05, 0) is 50.2 Å². The van der Waals surface area contributed by atoms with Crippen LogP contribution in [-0.2, 0) is 9.59 Å². The van der Waals surface area contributed by atoms with E-state index in [1.165, 1.54) is 26.0 Å². The molecule has 2 rings (SSSR count). The number of nitrogens with zero attached hydrogens (tertiary/aromatic N) is 2. The first kappa shape index (κ1) is 20.7. The Bertz CT molecular complexity index is 910. The predicted octanol–water partition coefficient (Wildman–Crippen LogP) is 2.62. The van der Waals surface area contributed by atoms with Crippen molar-refractivity contribution in [2.75, 3.05) is 0 Å². The fraction of sp³-hybridized carbons (Fsp3) is 0.111. The molecule has 10 heteroatoms. The molecule has 6 nitrogen and oxygen atoms in total. The maximum absolute atomic E-state index is 13.2. The number of carbonyl (C=O) groups excluding carboxylic acids is 2. The van der Waals surface area contributed by atoms with E-state index in [0.717, 1.165) is 24.3 Å². The molecule has 28 heavy (non-hydrogen) atoms. The van der Waals surface area contributed by atoms with Crippen molar-refractivity contribution in [3.05, 3.63) is 70.8 Å². The Balaban J connectivity index is 1.99. The molecule has 0 bridgehead atoms. The molecule has 0 saturated carbocycles. The van der Waals surface area contributed by atoms with Crippen molar-refractivity contribution >= 4 is 23.2 Å². The van der Waals surface area contributed by atoms with Gasteiger partial charge in [0.05, 0.1) is 11.4 Å². The highest BCUT2D eigenvalue weighted by Crippen LogP contribution is 2.10. The lowest BCUT2D eigenvalue weighted by Gasteiger charge is -2.04. The van der Waals surface area contributed by atoms with E-state index in [-0.39, 0.29) is 22.6 Å². The summed E-state index contributed by atoms with van der Waals surface area (Å²) in [5, 5.41) is 7.24. The van der Waals surface area contributed by atoms with Crippen molar-refractivity contribution < 1.29 is 27.2 Å². The maximum Gasteiger partial charge on any atom is 0.331 e. The van der Waals surface area contributed by atoms with Gasteiger partial charge in [0, 0.05) is 11.1 Å². The molecule has 0 aliphatic rings. The van der Waals surface area contributed by atoms with Gasteiger partial charge in [0.1, 0.15) is 0 Å². The van der Waals surface area contributed by atoms with Crippen LogP contribution < -0.4 is 10.9 Å². The Labute approximate surface area is 156 Å². The zero-order valence-electron chi connectivity index (χ0n) is 14.7. The summed E-state index contributed by atoms with van der Waals surface area (Å²) in [6, 6.07) is 6.06. The highest BCUT2D eigenvalue weighted by atomic mass is 19.2. The zero-order valence-corrected chi connectivity index (χ0v) is 14.7. The topological polar surface area (TPSA) is 82.9 Å². The molecule has 0 radical (unpaired) electrons. The standard InChI is InChI=1S/C18H14F4N4O2/c1-9(11-3-5-13(19)15(21)7-11)23-25-17(27)18(28)26-24-10(2)12-4-6-14(20)16(22)8-12/h3-8H,1-2H3,(H,25,27)(H,26,28)/b23-9-,24-10-. The predicted molar refractivity (Wildman–Crippen MR) is 93.4 cm³/mol. The number of benzene rings is 2. The van der Waals surface area contributed by atoms with Crippen LogP contribution in [0, 0.1) is 23.3 Å². The van der Waals surface area contributed by atoms with E-state index < -0.39 is 35.1 Å². The third kappa shape index (κ3) is 5.22. The minimum atomic E-state index is -1.18. The van der Waals surface area contributed by atoms with Crippen molar-refractivity contribution in [2.45, 2.75) is 13.8 Å². The Morgan fingerprint density at radius 3 is 1.36 bits per heavy atom. The van der Waals surface area contributed by atoms with Crippen molar-refractivity contribution in [1.82, 2.24) is 10.9 Å². The molecule has 0 atom stereocenters. The van der Waals surface area contributed by atoms with Crippen LogP contribution in [-0.4, -0.2) is 23.2 Å². The molecular formula is C18H14F4N4O2. The van der Waals surface area contributed by atoms with E-state index in [2.05, 4.69) is 10.2 Å². The lowest BCUT2D eigenvalue weighted by molar-refractivity contribution is -0.139. The summed E-state index contributed by atoms with van der Waals surface area (Å²) in [4.78, 5) is 23.4. The second-order valence-corrected chi connectivity index (χ2v) is 5.53. The number of rotatable bonds is 4. The van der Waals surface area contributed by atoms with Gasteiger partial charge in [0.25, 0.3) is 0 Å². The zero-order chi connectivity index (χ0) is 20.8. The first-order valence-electron chi connectivity index (χ1n) is 7.78. The third-order valence-electron chi connectivity index (χ3n) is 3.53. The molecule has 2 aromatic rings. The molecule has 146 valence electrons. The molecule has 0 saturated heterocycles. The van der Waals surface area contributed by atoms with Gasteiger partial charge in [-0.25, -0.2) is 28.4 Å². The van der Waals surface area contributed by atoms with Crippen molar-refractivity contribution in [2.24, 2.45) is 10.2 Å². The fourth-order valence-corrected chi connectivity index (χ4v) is 1.94. The molecule has 2 aromatic carbocycles. The Morgan fingerprint density at radius 1 is 0.679 bits per heavy atom. The van der Waals surface area contributed by atoms with Crippen molar-refractivity contribution in [3.63, 3.8) is 0 Å². The van der Waals surface area contributed by atoms with Crippen LogP contribution >= 0.6 is 0 Å². The number of hydrogen-bond acceptors (Lipinski definition) is 4. The van der Waals surface area contributed by atoms with E-state index in [0.29, 0.717) is 0 Å². The molecule has 0 aliphatic carbocycles. The number of hydrazone groups is 2. The number of nitrogens with one attached hydrogen (secondary N) is 2. The minimum absolute atomic E-state index is 0.126. The highest BCUT2D eigenvalue weighted by molar-refractivity contribution is 6.35. The number of amides is 2. The van der Waals surface area contributed by atoms with Crippen molar-refractivity contribution in [3.8, 4) is 0 Å². The van der Waals surface area contributed by atoms with Gasteiger partial charge in [-0.2, -0.15) is 10.2 Å². The Hall–Kier alpha value is -3.56. The van der Waals surface area contributed by atoms with Gasteiger partial charge < -0.3 is 0 Å². The molecule has 0 aromatic heterocycles. The van der Waals surface area contributed by atoms with Crippen LogP contribution in [0.4, 0.5) is 17.6 Å². The average molecular weight is 394 g/mol. The molecule has 0 unspecified atom stereocenters. The SMILES string of the molecule is C/C(=N/NC(=O)C(=O)N/N=C(/C)c1ccc(F)c(F)c1)c1ccc(F)c(F)c1. The summed E-state index contributed by atoms with van der Waals surface area (Å²) in [5.74, 6) is -6.59. The van der Waals surface area contributed by atoms with Gasteiger partial charge in [-0.1, -0.05) is 0 Å². The van der Waals surface area contributed by atoms with Crippen LogP contribution in [0.5, 0.6) is 0 Å². The molecule has 0 fully saturated rings. The molecule has 0 heterocycles. The Kier molecular flexibility index (Phi) is 6.59. The van der Waals surface area contributed by atoms with E-state index in [1.54, 1.807) is 0 Å². The van der Waals surface area contributed by atoms with Crippen LogP contribution in [0.1, 0.15) is 25.0 Å². The molecule has 2 N–H and O–H groups in total. The smallest absolute Gasteiger partial charge is 0.262 e. The molecule has 0 spiro atoms. The second-order valence-electron chi connectivity index (χ2n) is 5.53. The number of halogens is 4. The van der Waals surface area contributed by atoms with Gasteiger partial charge in [-0.15, -0.1) is 0 Å². The minimum Gasteiger partial charge on any atom is -0.262 e. The van der Waals surface area contributed by atoms with Gasteiger partial charge >= 0.3 is 11.8 Å². The summed E-state index contributed by atoms with van der Waals surface area (Å²) in [7, 11) is 0. The second kappa shape index (κ2) is 8.89. The van der Waals surface area contributed by atoms with E-state index in [1.807, 2.05) is 10.9 Å². The van der Waals surface area contributed by atoms with Crippen LogP contribution in [0.3, 0.4) is 0 Å². The largest absolute Gasteiger partial charge is 0.331 e. The Morgan fingerprint density at radius 2 is 1.04 bits per heavy atom. The summed E-state index contributed by atoms with van der Waals surface area (Å²) in [5.41, 5.74) is 4.53. The van der Waals surface area contributed by atoms with Crippen molar-refractivity contribution in [1.29, 1.82) is 0 Å². The number of hydrogen-bond donors (Lipinski definition) is 2. The molecule has 2 amide bonds. The van der Waals surface area contributed by atoms with Gasteiger partial charge in [-0.3, -0.25) is 9.59 Å². The van der Waals surface area contributed by atoms with Crippen LogP contribution in [0.25, 0.3) is 0 Å². The first-order valence-corrected chi connectivity index (χ1v) is 7.78. The monoisotopic (exact) mass is 394 g/mol. The first-order chi connectivity index (χ1) is 13.2. The summed E-state index contributed by atoms with van der Waals surface area (Å²) < 4.78 is 52.2. The summed E-state index contributed by atoms with van der Waals surface area (Å²) in [6.45, 7) is 2.83. The van der Waals surface area contributed by atoms with E-state index in [9.17, 15) is 27.2 Å².